The molecule has 2 rings (SSSR count). The summed E-state index contributed by atoms with van der Waals surface area (Å²) < 4.78 is 0. The van der Waals surface area contributed by atoms with Crippen LogP contribution in [0.15, 0.2) is 24.5 Å². The van der Waals surface area contributed by atoms with Gasteiger partial charge in [0.05, 0.1) is 0 Å². The molecule has 16 heavy (non-hydrogen) atoms. The second kappa shape index (κ2) is 5.44. The van der Waals surface area contributed by atoms with Crippen LogP contribution in [0.2, 0.25) is 0 Å². The van der Waals surface area contributed by atoms with E-state index >= 15 is 0 Å². The van der Waals surface area contributed by atoms with E-state index in [1.54, 1.807) is 0 Å². The molecule has 1 saturated carbocycles. The molecule has 0 amide bonds. The molecule has 1 aliphatic rings. The molecule has 1 aromatic heterocycles. The van der Waals surface area contributed by atoms with Gasteiger partial charge in [-0.05, 0) is 55.8 Å². The number of aromatic nitrogens is 1. The summed E-state index contributed by atoms with van der Waals surface area (Å²) in [5.74, 6) is 1.82. The maximum Gasteiger partial charge on any atom is 0.0293 e. The number of nitrogens with zero attached hydrogens (tertiary/aromatic N) is 1. The van der Waals surface area contributed by atoms with E-state index in [0.29, 0.717) is 6.04 Å². The molecule has 0 aromatic carbocycles. The fourth-order valence-corrected chi connectivity index (χ4v) is 2.62. The average molecular weight is 218 g/mol. The molecule has 0 radical (unpaired) electrons. The summed E-state index contributed by atoms with van der Waals surface area (Å²) in [5.41, 5.74) is 1.33. The number of hydrogen-bond donors (Lipinski definition) is 1. The third kappa shape index (κ3) is 3.05. The van der Waals surface area contributed by atoms with Gasteiger partial charge in [0, 0.05) is 18.4 Å². The zero-order valence-corrected chi connectivity index (χ0v) is 10.3. The molecular formula is C14H22N2. The fourth-order valence-electron chi connectivity index (χ4n) is 2.62. The lowest BCUT2D eigenvalue weighted by Crippen LogP contribution is -2.24. The van der Waals surface area contributed by atoms with Crippen molar-refractivity contribution in [3.63, 3.8) is 0 Å². The summed E-state index contributed by atoms with van der Waals surface area (Å²) in [7, 11) is 0. The van der Waals surface area contributed by atoms with Gasteiger partial charge < -0.3 is 5.32 Å². The summed E-state index contributed by atoms with van der Waals surface area (Å²) in [6, 6.07) is 4.63. The number of nitrogens with one attached hydrogen (secondary N) is 1. The van der Waals surface area contributed by atoms with Crippen LogP contribution in [0.25, 0.3) is 0 Å². The first-order chi connectivity index (χ1) is 7.75. The Kier molecular flexibility index (Phi) is 3.94. The van der Waals surface area contributed by atoms with E-state index in [0.717, 1.165) is 18.4 Å². The van der Waals surface area contributed by atoms with E-state index in [2.05, 4.69) is 36.3 Å². The van der Waals surface area contributed by atoms with Crippen molar-refractivity contribution in [2.24, 2.45) is 11.8 Å². The highest BCUT2D eigenvalue weighted by Gasteiger charge is 2.21. The molecule has 0 bridgehead atoms. The van der Waals surface area contributed by atoms with Crippen LogP contribution in [0.4, 0.5) is 0 Å². The van der Waals surface area contributed by atoms with Crippen LogP contribution < -0.4 is 5.32 Å². The monoisotopic (exact) mass is 218 g/mol. The first-order valence-electron chi connectivity index (χ1n) is 6.39. The summed E-state index contributed by atoms with van der Waals surface area (Å²) in [6.45, 7) is 5.76. The molecular weight excluding hydrogens is 196 g/mol. The fraction of sp³-hybridized carbons (Fsp3) is 0.643. The molecule has 0 aliphatic heterocycles. The molecule has 0 saturated heterocycles. The van der Waals surface area contributed by atoms with Crippen molar-refractivity contribution >= 4 is 0 Å². The van der Waals surface area contributed by atoms with E-state index < -0.39 is 0 Å². The van der Waals surface area contributed by atoms with Gasteiger partial charge in [0.2, 0.25) is 0 Å². The van der Waals surface area contributed by atoms with Gasteiger partial charge in [-0.15, -0.1) is 0 Å². The highest BCUT2D eigenvalue weighted by molar-refractivity contribution is 5.13. The van der Waals surface area contributed by atoms with Crippen LogP contribution >= 0.6 is 0 Å². The maximum absolute atomic E-state index is 4.05. The zero-order chi connectivity index (χ0) is 11.4. The van der Waals surface area contributed by atoms with Crippen molar-refractivity contribution in [1.29, 1.82) is 0 Å². The normalized spacial score (nSPS) is 26.9. The molecule has 1 fully saturated rings. The predicted octanol–water partition coefficient (Wildman–Crippen LogP) is 3.17. The first-order valence-corrected chi connectivity index (χ1v) is 6.39. The van der Waals surface area contributed by atoms with Crippen LogP contribution in [0.1, 0.15) is 44.7 Å². The van der Waals surface area contributed by atoms with Gasteiger partial charge in [-0.1, -0.05) is 13.3 Å². The third-order valence-electron chi connectivity index (χ3n) is 3.72. The lowest BCUT2D eigenvalue weighted by Gasteiger charge is -2.17. The van der Waals surface area contributed by atoms with Gasteiger partial charge in [0.25, 0.3) is 0 Å². The molecule has 1 heterocycles. The minimum absolute atomic E-state index is 0.443. The van der Waals surface area contributed by atoms with Crippen molar-refractivity contribution < 1.29 is 0 Å². The van der Waals surface area contributed by atoms with Gasteiger partial charge in [-0.25, -0.2) is 0 Å². The minimum Gasteiger partial charge on any atom is -0.310 e. The number of rotatable bonds is 4. The smallest absolute Gasteiger partial charge is 0.0293 e. The summed E-state index contributed by atoms with van der Waals surface area (Å²) in [6.07, 6.45) is 7.94. The van der Waals surface area contributed by atoms with Crippen LogP contribution in [0, 0.1) is 11.8 Å². The zero-order valence-electron chi connectivity index (χ0n) is 10.3. The van der Waals surface area contributed by atoms with Gasteiger partial charge in [0.1, 0.15) is 0 Å². The van der Waals surface area contributed by atoms with E-state index in [4.69, 9.17) is 0 Å². The van der Waals surface area contributed by atoms with Crippen LogP contribution in [0.3, 0.4) is 0 Å². The van der Waals surface area contributed by atoms with Crippen LogP contribution in [-0.4, -0.2) is 11.5 Å². The van der Waals surface area contributed by atoms with E-state index in [1.807, 2.05) is 12.4 Å². The average Bonchev–Trinajstić information content (AvgIpc) is 2.73. The van der Waals surface area contributed by atoms with Gasteiger partial charge >= 0.3 is 0 Å². The highest BCUT2D eigenvalue weighted by Crippen LogP contribution is 2.30. The number of pyridine rings is 1. The van der Waals surface area contributed by atoms with Crippen LogP contribution in [-0.2, 0) is 0 Å². The number of hydrogen-bond acceptors (Lipinski definition) is 2. The van der Waals surface area contributed by atoms with Gasteiger partial charge in [-0.3, -0.25) is 4.98 Å². The Labute approximate surface area is 98.5 Å². The van der Waals surface area contributed by atoms with Gasteiger partial charge in [-0.2, -0.15) is 0 Å². The van der Waals surface area contributed by atoms with E-state index in [1.165, 1.54) is 24.8 Å². The Bertz CT molecular complexity index is 310. The molecule has 1 aliphatic carbocycles. The van der Waals surface area contributed by atoms with E-state index in [-0.39, 0.29) is 0 Å². The second-order valence-corrected chi connectivity index (χ2v) is 5.19. The topological polar surface area (TPSA) is 24.9 Å². The second-order valence-electron chi connectivity index (χ2n) is 5.19. The highest BCUT2D eigenvalue weighted by atomic mass is 14.9. The summed E-state index contributed by atoms with van der Waals surface area (Å²) in [5, 5.41) is 3.63. The van der Waals surface area contributed by atoms with Crippen molar-refractivity contribution in [1.82, 2.24) is 10.3 Å². The molecule has 1 aromatic rings. The summed E-state index contributed by atoms with van der Waals surface area (Å²) >= 11 is 0. The molecule has 0 spiro atoms. The molecule has 3 unspecified atom stereocenters. The molecule has 2 heteroatoms. The Balaban J connectivity index is 1.78. The SMILES string of the molecule is CC1CCC(CNC(C)c2ccncc2)C1. The summed E-state index contributed by atoms with van der Waals surface area (Å²) in [4.78, 5) is 4.05. The third-order valence-corrected chi connectivity index (χ3v) is 3.72. The molecule has 88 valence electrons. The Hall–Kier alpha value is -0.890. The quantitative estimate of drug-likeness (QED) is 0.839. The lowest BCUT2D eigenvalue weighted by atomic mass is 10.0. The van der Waals surface area contributed by atoms with E-state index in [9.17, 15) is 0 Å². The Morgan fingerprint density at radius 1 is 1.38 bits per heavy atom. The molecule has 3 atom stereocenters. The van der Waals surface area contributed by atoms with Crippen molar-refractivity contribution in [2.75, 3.05) is 6.54 Å². The maximum atomic E-state index is 4.05. The Morgan fingerprint density at radius 2 is 2.12 bits per heavy atom. The first kappa shape index (κ1) is 11.6. The predicted molar refractivity (Wildman–Crippen MR) is 67.2 cm³/mol. The lowest BCUT2D eigenvalue weighted by molar-refractivity contribution is 0.440. The molecule has 1 N–H and O–H groups in total. The van der Waals surface area contributed by atoms with Crippen molar-refractivity contribution in [3.05, 3.63) is 30.1 Å². The van der Waals surface area contributed by atoms with Crippen molar-refractivity contribution in [3.8, 4) is 0 Å². The van der Waals surface area contributed by atoms with Crippen molar-refractivity contribution in [2.45, 2.75) is 39.2 Å². The molecule has 2 nitrogen and oxygen atoms in total. The van der Waals surface area contributed by atoms with Crippen LogP contribution in [0.5, 0.6) is 0 Å². The standard InChI is InChI=1S/C14H22N2/c1-11-3-4-13(9-11)10-16-12(2)14-5-7-15-8-6-14/h5-8,11-13,16H,3-4,9-10H2,1-2H3. The van der Waals surface area contributed by atoms with Gasteiger partial charge in [0.15, 0.2) is 0 Å². The Morgan fingerprint density at radius 3 is 2.75 bits per heavy atom. The minimum atomic E-state index is 0.443. The largest absolute Gasteiger partial charge is 0.310 e.